The van der Waals surface area contributed by atoms with Gasteiger partial charge in [-0.3, -0.25) is 10.3 Å². The second kappa shape index (κ2) is 9.51. The molecule has 3 aromatic heterocycles. The van der Waals surface area contributed by atoms with E-state index in [0.717, 1.165) is 27.0 Å². The third kappa shape index (κ3) is 5.26. The summed E-state index contributed by atoms with van der Waals surface area (Å²) in [6.07, 6.45) is 3.98. The molecule has 0 unspecified atom stereocenters. The third-order valence-electron chi connectivity index (χ3n) is 5.05. The zero-order valence-electron chi connectivity index (χ0n) is 18.5. The van der Waals surface area contributed by atoms with Gasteiger partial charge in [-0.05, 0) is 37.6 Å². The van der Waals surface area contributed by atoms with E-state index < -0.39 is 5.41 Å². The lowest BCUT2D eigenvalue weighted by atomic mass is 9.95. The van der Waals surface area contributed by atoms with Crippen LogP contribution < -0.4 is 16.0 Å². The van der Waals surface area contributed by atoms with Crippen molar-refractivity contribution in [2.75, 3.05) is 30.8 Å². The van der Waals surface area contributed by atoms with Crippen LogP contribution in [0.4, 0.5) is 15.6 Å². The van der Waals surface area contributed by atoms with Crippen molar-refractivity contribution in [3.63, 3.8) is 0 Å². The summed E-state index contributed by atoms with van der Waals surface area (Å²) >= 11 is 1.40. The first kappa shape index (κ1) is 22.6. The van der Waals surface area contributed by atoms with Crippen LogP contribution in [0.15, 0.2) is 41.2 Å². The SMILES string of the molecule is CNc1cncc(-c2ccc3nc(NC(=O)NCCc4noc(C(C)(C)CO)n4)sc3c2)c1. The van der Waals surface area contributed by atoms with E-state index >= 15 is 0 Å². The minimum atomic E-state index is -0.602. The molecule has 0 saturated heterocycles. The monoisotopic (exact) mass is 467 g/mol. The second-order valence-corrected chi connectivity index (χ2v) is 9.13. The van der Waals surface area contributed by atoms with E-state index in [2.05, 4.69) is 36.1 Å². The number of aromatic nitrogens is 4. The molecule has 2 amide bonds. The van der Waals surface area contributed by atoms with E-state index in [-0.39, 0.29) is 12.6 Å². The number of hydrogen-bond donors (Lipinski definition) is 4. The fraction of sp³-hybridized carbons (Fsp3) is 0.318. The van der Waals surface area contributed by atoms with Crippen molar-refractivity contribution in [2.45, 2.75) is 25.7 Å². The predicted molar refractivity (Wildman–Crippen MR) is 128 cm³/mol. The number of amides is 2. The number of aliphatic hydroxyl groups excluding tert-OH is 1. The van der Waals surface area contributed by atoms with Gasteiger partial charge in [0.05, 0.1) is 27.9 Å². The maximum atomic E-state index is 12.3. The molecule has 0 aliphatic heterocycles. The van der Waals surface area contributed by atoms with E-state index in [1.165, 1.54) is 11.3 Å². The minimum Gasteiger partial charge on any atom is -0.395 e. The number of aliphatic hydroxyl groups is 1. The van der Waals surface area contributed by atoms with Crippen molar-refractivity contribution in [1.29, 1.82) is 0 Å². The van der Waals surface area contributed by atoms with Gasteiger partial charge in [-0.1, -0.05) is 22.6 Å². The molecule has 4 N–H and O–H groups in total. The van der Waals surface area contributed by atoms with Gasteiger partial charge in [0.15, 0.2) is 11.0 Å². The molecule has 0 aliphatic carbocycles. The highest BCUT2D eigenvalue weighted by atomic mass is 32.1. The third-order valence-corrected chi connectivity index (χ3v) is 5.98. The number of anilines is 2. The topological polar surface area (TPSA) is 138 Å². The summed E-state index contributed by atoms with van der Waals surface area (Å²) in [7, 11) is 1.85. The van der Waals surface area contributed by atoms with E-state index in [4.69, 9.17) is 4.52 Å². The number of carbonyl (C=O) groups excluding carboxylic acids is 1. The van der Waals surface area contributed by atoms with Crippen LogP contribution in [0.3, 0.4) is 0 Å². The number of nitrogens with zero attached hydrogens (tertiary/aromatic N) is 4. The van der Waals surface area contributed by atoms with Crippen LogP contribution in [-0.2, 0) is 11.8 Å². The Labute approximate surface area is 194 Å². The molecule has 3 heterocycles. The number of rotatable bonds is 8. The highest BCUT2D eigenvalue weighted by Crippen LogP contribution is 2.31. The Morgan fingerprint density at radius 3 is 2.82 bits per heavy atom. The Morgan fingerprint density at radius 1 is 1.18 bits per heavy atom. The Hall–Kier alpha value is -3.57. The fourth-order valence-electron chi connectivity index (χ4n) is 3.02. The Kier molecular flexibility index (Phi) is 6.52. The van der Waals surface area contributed by atoms with Gasteiger partial charge < -0.3 is 20.3 Å². The van der Waals surface area contributed by atoms with Crippen molar-refractivity contribution in [2.24, 2.45) is 0 Å². The number of carbonyl (C=O) groups is 1. The lowest BCUT2D eigenvalue weighted by Gasteiger charge is -2.14. The summed E-state index contributed by atoms with van der Waals surface area (Å²) in [4.78, 5) is 25.3. The lowest BCUT2D eigenvalue weighted by molar-refractivity contribution is 0.182. The Balaban J connectivity index is 1.35. The number of thiazole rings is 1. The summed E-state index contributed by atoms with van der Waals surface area (Å²) in [6.45, 7) is 3.85. The zero-order chi connectivity index (χ0) is 23.4. The molecule has 0 bridgehead atoms. The highest BCUT2D eigenvalue weighted by molar-refractivity contribution is 7.22. The van der Waals surface area contributed by atoms with Gasteiger partial charge >= 0.3 is 6.03 Å². The molecule has 172 valence electrons. The van der Waals surface area contributed by atoms with Crippen LogP contribution in [0.5, 0.6) is 0 Å². The van der Waals surface area contributed by atoms with Gasteiger partial charge in [-0.25, -0.2) is 9.78 Å². The second-order valence-electron chi connectivity index (χ2n) is 8.10. The molecular formula is C22H25N7O3S. The summed E-state index contributed by atoms with van der Waals surface area (Å²) in [5, 5.41) is 22.4. The first-order chi connectivity index (χ1) is 15.9. The van der Waals surface area contributed by atoms with Crippen LogP contribution in [0.2, 0.25) is 0 Å². The first-order valence-corrected chi connectivity index (χ1v) is 11.2. The number of benzene rings is 1. The van der Waals surface area contributed by atoms with E-state index in [0.29, 0.717) is 29.8 Å². The van der Waals surface area contributed by atoms with Crippen LogP contribution in [0, 0.1) is 0 Å². The van der Waals surface area contributed by atoms with E-state index in [1.54, 1.807) is 6.20 Å². The van der Waals surface area contributed by atoms with Crippen molar-refractivity contribution >= 4 is 38.4 Å². The number of urea groups is 1. The molecular weight excluding hydrogens is 442 g/mol. The highest BCUT2D eigenvalue weighted by Gasteiger charge is 2.26. The van der Waals surface area contributed by atoms with Crippen molar-refractivity contribution in [3.05, 3.63) is 48.4 Å². The smallest absolute Gasteiger partial charge is 0.321 e. The Bertz CT molecular complexity index is 1270. The predicted octanol–water partition coefficient (Wildman–Crippen LogP) is 3.42. The number of fused-ring (bicyclic) bond motifs is 1. The molecule has 0 radical (unpaired) electrons. The van der Waals surface area contributed by atoms with Gasteiger partial charge in [-0.2, -0.15) is 4.98 Å². The molecule has 4 aromatic rings. The molecule has 0 fully saturated rings. The quantitative estimate of drug-likeness (QED) is 0.309. The fourth-order valence-corrected chi connectivity index (χ4v) is 3.92. The standard InChI is InChI=1S/C22H25N7O3S/c1-22(2,12-30)19-27-18(29-32-19)6-7-25-20(31)28-21-26-16-5-4-13(9-17(16)33-21)14-8-15(23-3)11-24-10-14/h4-5,8-11,23,30H,6-7,12H2,1-3H3,(H2,25,26,28,31). The summed E-state index contributed by atoms with van der Waals surface area (Å²) in [6, 6.07) is 7.62. The van der Waals surface area contributed by atoms with Crippen molar-refractivity contribution in [1.82, 2.24) is 25.4 Å². The van der Waals surface area contributed by atoms with Gasteiger partial charge in [0.2, 0.25) is 5.89 Å². The summed E-state index contributed by atoms with van der Waals surface area (Å²) < 4.78 is 6.16. The van der Waals surface area contributed by atoms with Crippen LogP contribution >= 0.6 is 11.3 Å². The average Bonchev–Trinajstić information content (AvgIpc) is 3.45. The molecule has 11 heteroatoms. The zero-order valence-corrected chi connectivity index (χ0v) is 19.4. The summed E-state index contributed by atoms with van der Waals surface area (Å²) in [5.41, 5.74) is 3.16. The molecule has 4 rings (SSSR count). The molecule has 0 spiro atoms. The largest absolute Gasteiger partial charge is 0.395 e. The number of nitrogens with one attached hydrogen (secondary N) is 3. The average molecular weight is 468 g/mol. The number of pyridine rings is 1. The summed E-state index contributed by atoms with van der Waals surface area (Å²) in [5.74, 6) is 0.836. The first-order valence-electron chi connectivity index (χ1n) is 10.4. The molecule has 33 heavy (non-hydrogen) atoms. The van der Waals surface area contributed by atoms with Crippen molar-refractivity contribution < 1.29 is 14.4 Å². The van der Waals surface area contributed by atoms with E-state index in [9.17, 15) is 9.90 Å². The molecule has 1 aromatic carbocycles. The maximum absolute atomic E-state index is 12.3. The minimum absolute atomic E-state index is 0.0990. The van der Waals surface area contributed by atoms with Crippen LogP contribution in [-0.4, -0.2) is 51.4 Å². The molecule has 10 nitrogen and oxygen atoms in total. The van der Waals surface area contributed by atoms with Crippen molar-refractivity contribution in [3.8, 4) is 11.1 Å². The molecule has 0 atom stereocenters. The van der Waals surface area contributed by atoms with Gasteiger partial charge in [0.1, 0.15) is 0 Å². The van der Waals surface area contributed by atoms with E-state index in [1.807, 2.05) is 51.4 Å². The normalized spacial score (nSPS) is 11.5. The van der Waals surface area contributed by atoms with Crippen LogP contribution in [0.1, 0.15) is 25.6 Å². The Morgan fingerprint density at radius 2 is 2.03 bits per heavy atom. The lowest BCUT2D eigenvalue weighted by Crippen LogP contribution is -2.30. The van der Waals surface area contributed by atoms with Gasteiger partial charge in [0, 0.05) is 38.0 Å². The van der Waals surface area contributed by atoms with Gasteiger partial charge in [0.25, 0.3) is 0 Å². The molecule has 0 saturated carbocycles. The maximum Gasteiger partial charge on any atom is 0.321 e. The number of hydrogen-bond acceptors (Lipinski definition) is 9. The molecule has 0 aliphatic rings. The van der Waals surface area contributed by atoms with Gasteiger partial charge in [-0.15, -0.1) is 0 Å². The van der Waals surface area contributed by atoms with Crippen LogP contribution in [0.25, 0.3) is 21.3 Å².